The minimum atomic E-state index is -0.520. The van der Waals surface area contributed by atoms with E-state index < -0.39 is 10.3 Å². The standard InChI is InChI=1S/C13H16N2O4/c1-13(2,9-14)6-7-19-12-8-10(18-3)4-5-11(12)15(16)17/h4-5,8H,6-7H2,1-3H3. The normalized spacial score (nSPS) is 10.6. The number of methoxy groups -OCH3 is 1. The third kappa shape index (κ3) is 4.14. The van der Waals surface area contributed by atoms with Crippen molar-refractivity contribution in [1.82, 2.24) is 0 Å². The fraction of sp³-hybridized carbons (Fsp3) is 0.462. The van der Waals surface area contributed by atoms with Gasteiger partial charge in [-0.05, 0) is 26.3 Å². The van der Waals surface area contributed by atoms with Gasteiger partial charge in [0.25, 0.3) is 0 Å². The molecule has 1 rings (SSSR count). The molecule has 102 valence electrons. The highest BCUT2D eigenvalue weighted by molar-refractivity contribution is 5.50. The van der Waals surface area contributed by atoms with Crippen LogP contribution in [0.4, 0.5) is 5.69 Å². The summed E-state index contributed by atoms with van der Waals surface area (Å²) in [5.41, 5.74) is -0.635. The number of rotatable bonds is 6. The number of ether oxygens (including phenoxy) is 2. The molecule has 0 spiro atoms. The number of benzene rings is 1. The maximum atomic E-state index is 10.9. The average Bonchev–Trinajstić information content (AvgIpc) is 2.38. The second-order valence-electron chi connectivity index (χ2n) is 4.68. The maximum absolute atomic E-state index is 10.9. The summed E-state index contributed by atoms with van der Waals surface area (Å²) in [6.45, 7) is 3.81. The smallest absolute Gasteiger partial charge is 0.311 e. The molecule has 0 saturated carbocycles. The van der Waals surface area contributed by atoms with E-state index >= 15 is 0 Å². The van der Waals surface area contributed by atoms with Crippen molar-refractivity contribution in [2.45, 2.75) is 20.3 Å². The molecule has 1 aromatic rings. The van der Waals surface area contributed by atoms with Crippen LogP contribution in [-0.2, 0) is 0 Å². The van der Waals surface area contributed by atoms with Crippen LogP contribution in [0.15, 0.2) is 18.2 Å². The molecule has 0 radical (unpaired) electrons. The van der Waals surface area contributed by atoms with Gasteiger partial charge in [-0.25, -0.2) is 0 Å². The molecule has 1 aromatic carbocycles. The van der Waals surface area contributed by atoms with Crippen molar-refractivity contribution in [1.29, 1.82) is 5.26 Å². The molecule has 19 heavy (non-hydrogen) atoms. The van der Waals surface area contributed by atoms with E-state index in [-0.39, 0.29) is 18.0 Å². The molecule has 0 aliphatic heterocycles. The number of nitro groups is 1. The minimum absolute atomic E-state index is 0.115. The van der Waals surface area contributed by atoms with E-state index in [2.05, 4.69) is 6.07 Å². The summed E-state index contributed by atoms with van der Waals surface area (Å²) in [4.78, 5) is 10.4. The monoisotopic (exact) mass is 264 g/mol. The Morgan fingerprint density at radius 2 is 2.16 bits per heavy atom. The molecule has 6 heteroatoms. The Bertz CT molecular complexity index is 506. The van der Waals surface area contributed by atoms with Crippen molar-refractivity contribution in [3.63, 3.8) is 0 Å². The van der Waals surface area contributed by atoms with Crippen LogP contribution in [0.3, 0.4) is 0 Å². The Hall–Kier alpha value is -2.29. The molecule has 0 fully saturated rings. The van der Waals surface area contributed by atoms with E-state index in [9.17, 15) is 10.1 Å². The average molecular weight is 264 g/mol. The van der Waals surface area contributed by atoms with E-state index in [0.717, 1.165) is 0 Å². The summed E-state index contributed by atoms with van der Waals surface area (Å²) in [7, 11) is 1.48. The molecule has 0 saturated heterocycles. The van der Waals surface area contributed by atoms with Gasteiger partial charge in [0.05, 0.1) is 30.1 Å². The molecule has 0 N–H and O–H groups in total. The van der Waals surface area contributed by atoms with E-state index in [1.54, 1.807) is 13.8 Å². The van der Waals surface area contributed by atoms with Crippen LogP contribution in [0, 0.1) is 26.9 Å². The fourth-order valence-corrected chi connectivity index (χ4v) is 1.36. The highest BCUT2D eigenvalue weighted by atomic mass is 16.6. The SMILES string of the molecule is COc1ccc([N+](=O)[O-])c(OCCC(C)(C)C#N)c1. The van der Waals surface area contributed by atoms with Gasteiger partial charge in [-0.1, -0.05) is 0 Å². The zero-order chi connectivity index (χ0) is 14.5. The lowest BCUT2D eigenvalue weighted by atomic mass is 9.92. The van der Waals surface area contributed by atoms with Crippen molar-refractivity contribution in [3.05, 3.63) is 28.3 Å². The molecule has 0 aliphatic rings. The molecular weight excluding hydrogens is 248 g/mol. The quantitative estimate of drug-likeness (QED) is 0.582. The first-order chi connectivity index (χ1) is 8.89. The minimum Gasteiger partial charge on any atom is -0.497 e. The van der Waals surface area contributed by atoms with Gasteiger partial charge in [0, 0.05) is 12.1 Å². The van der Waals surface area contributed by atoms with Crippen LogP contribution in [0.2, 0.25) is 0 Å². The lowest BCUT2D eigenvalue weighted by Crippen LogP contribution is -2.13. The van der Waals surface area contributed by atoms with Crippen molar-refractivity contribution >= 4 is 5.69 Å². The molecule has 0 heterocycles. The predicted molar refractivity (Wildman–Crippen MR) is 69.2 cm³/mol. The molecule has 0 aliphatic carbocycles. The highest BCUT2D eigenvalue weighted by Gasteiger charge is 2.19. The van der Waals surface area contributed by atoms with Gasteiger partial charge in [-0.15, -0.1) is 0 Å². The number of nitrogens with zero attached hydrogens (tertiary/aromatic N) is 2. The molecular formula is C13H16N2O4. The predicted octanol–water partition coefficient (Wildman–Crippen LogP) is 2.92. The van der Waals surface area contributed by atoms with Crippen LogP contribution in [-0.4, -0.2) is 18.6 Å². The van der Waals surface area contributed by atoms with Crippen molar-refractivity contribution < 1.29 is 14.4 Å². The first-order valence-corrected chi connectivity index (χ1v) is 5.76. The van der Waals surface area contributed by atoms with E-state index in [1.807, 2.05) is 0 Å². The third-order valence-electron chi connectivity index (χ3n) is 2.65. The van der Waals surface area contributed by atoms with E-state index in [0.29, 0.717) is 12.2 Å². The highest BCUT2D eigenvalue weighted by Crippen LogP contribution is 2.31. The van der Waals surface area contributed by atoms with Crippen LogP contribution in [0.1, 0.15) is 20.3 Å². The van der Waals surface area contributed by atoms with Crippen LogP contribution >= 0.6 is 0 Å². The number of hydrogen-bond acceptors (Lipinski definition) is 5. The molecule has 0 unspecified atom stereocenters. The van der Waals surface area contributed by atoms with Crippen LogP contribution < -0.4 is 9.47 Å². The van der Waals surface area contributed by atoms with Gasteiger partial charge in [-0.2, -0.15) is 5.26 Å². The molecule has 0 atom stereocenters. The van der Waals surface area contributed by atoms with E-state index in [4.69, 9.17) is 14.7 Å². The number of nitriles is 1. The Labute approximate surface area is 111 Å². The fourth-order valence-electron chi connectivity index (χ4n) is 1.36. The summed E-state index contributed by atoms with van der Waals surface area (Å²) in [5.74, 6) is 0.637. The first-order valence-electron chi connectivity index (χ1n) is 5.76. The third-order valence-corrected chi connectivity index (χ3v) is 2.65. The summed E-state index contributed by atoms with van der Waals surface area (Å²) >= 11 is 0. The van der Waals surface area contributed by atoms with Crippen LogP contribution in [0.5, 0.6) is 11.5 Å². The molecule has 0 amide bonds. The van der Waals surface area contributed by atoms with Crippen LogP contribution in [0.25, 0.3) is 0 Å². The first kappa shape index (κ1) is 14.8. The van der Waals surface area contributed by atoms with Crippen molar-refractivity contribution in [2.75, 3.05) is 13.7 Å². The van der Waals surface area contributed by atoms with E-state index in [1.165, 1.54) is 25.3 Å². The lowest BCUT2D eigenvalue weighted by Gasteiger charge is -2.15. The second-order valence-corrected chi connectivity index (χ2v) is 4.68. The van der Waals surface area contributed by atoms with Crippen molar-refractivity contribution in [2.24, 2.45) is 5.41 Å². The van der Waals surface area contributed by atoms with Gasteiger partial charge >= 0.3 is 5.69 Å². The summed E-state index contributed by atoms with van der Waals surface area (Å²) in [6.07, 6.45) is 0.484. The van der Waals surface area contributed by atoms with Gasteiger partial charge in [0.15, 0.2) is 0 Å². The zero-order valence-electron chi connectivity index (χ0n) is 11.2. The Balaban J connectivity index is 2.81. The summed E-state index contributed by atoms with van der Waals surface area (Å²) < 4.78 is 10.4. The van der Waals surface area contributed by atoms with Gasteiger partial charge in [-0.3, -0.25) is 10.1 Å². The van der Waals surface area contributed by atoms with Gasteiger partial charge in [0.2, 0.25) is 5.75 Å². The largest absolute Gasteiger partial charge is 0.497 e. The molecule has 0 aromatic heterocycles. The summed E-state index contributed by atoms with van der Waals surface area (Å²) in [5, 5.41) is 19.8. The Morgan fingerprint density at radius 1 is 1.47 bits per heavy atom. The lowest BCUT2D eigenvalue weighted by molar-refractivity contribution is -0.385. The maximum Gasteiger partial charge on any atom is 0.311 e. The molecule has 0 bridgehead atoms. The number of nitro benzene ring substituents is 1. The topological polar surface area (TPSA) is 85.4 Å². The van der Waals surface area contributed by atoms with Gasteiger partial charge < -0.3 is 9.47 Å². The second kappa shape index (κ2) is 6.05. The summed E-state index contributed by atoms with van der Waals surface area (Å²) in [6, 6.07) is 6.46. The van der Waals surface area contributed by atoms with Gasteiger partial charge in [0.1, 0.15) is 5.75 Å². The zero-order valence-corrected chi connectivity index (χ0v) is 11.2. The Morgan fingerprint density at radius 3 is 2.68 bits per heavy atom. The van der Waals surface area contributed by atoms with Crippen molar-refractivity contribution in [3.8, 4) is 17.6 Å². The Kier molecular flexibility index (Phi) is 4.70. The molecule has 6 nitrogen and oxygen atoms in total. The number of hydrogen-bond donors (Lipinski definition) is 0.